The molecule has 0 aliphatic rings. The Labute approximate surface area is 166 Å². The van der Waals surface area contributed by atoms with Gasteiger partial charge in [-0.3, -0.25) is 9.59 Å². The minimum Gasteiger partial charge on any atom is -0.481 e. The van der Waals surface area contributed by atoms with E-state index in [1.807, 2.05) is 0 Å². The van der Waals surface area contributed by atoms with Crippen LogP contribution in [0.5, 0.6) is 0 Å². The molecule has 0 amide bonds. The van der Waals surface area contributed by atoms with Crippen molar-refractivity contribution in [1.82, 2.24) is 4.90 Å². The minimum absolute atomic E-state index is 0.0535. The summed E-state index contributed by atoms with van der Waals surface area (Å²) < 4.78 is 5.29. The van der Waals surface area contributed by atoms with Crippen molar-refractivity contribution in [2.24, 2.45) is 0 Å². The Kier molecular flexibility index (Phi) is 17.5. The highest BCUT2D eigenvalue weighted by atomic mass is 16.5. The number of carboxylic acids is 1. The van der Waals surface area contributed by atoms with Crippen molar-refractivity contribution in [2.75, 3.05) is 19.7 Å². The topological polar surface area (TPSA) is 66.8 Å². The van der Waals surface area contributed by atoms with Crippen LogP contribution >= 0.6 is 0 Å². The molecule has 0 heterocycles. The van der Waals surface area contributed by atoms with Crippen molar-refractivity contribution in [3.8, 4) is 0 Å². The molecule has 5 nitrogen and oxygen atoms in total. The van der Waals surface area contributed by atoms with Crippen LogP contribution in [0.25, 0.3) is 0 Å². The van der Waals surface area contributed by atoms with Crippen LogP contribution in [-0.4, -0.2) is 47.7 Å². The number of hydrogen-bond donors (Lipinski definition) is 1. The fourth-order valence-electron chi connectivity index (χ4n) is 3.50. The second-order valence-electron chi connectivity index (χ2n) is 7.41. The molecular formula is C22H43NO4. The minimum atomic E-state index is -0.709. The van der Waals surface area contributed by atoms with E-state index in [9.17, 15) is 9.59 Å². The zero-order chi connectivity index (χ0) is 20.3. The Morgan fingerprint density at radius 1 is 0.852 bits per heavy atom. The van der Waals surface area contributed by atoms with Gasteiger partial charge in [-0.1, -0.05) is 72.1 Å². The van der Waals surface area contributed by atoms with Crippen LogP contribution in [0.2, 0.25) is 0 Å². The zero-order valence-corrected chi connectivity index (χ0v) is 18.0. The molecule has 0 fully saturated rings. The first-order chi connectivity index (χ1) is 13.0. The summed E-state index contributed by atoms with van der Waals surface area (Å²) in [7, 11) is 0. The summed E-state index contributed by atoms with van der Waals surface area (Å²) >= 11 is 0. The molecule has 0 bridgehead atoms. The molecule has 160 valence electrons. The molecule has 0 saturated carbocycles. The van der Waals surface area contributed by atoms with Crippen molar-refractivity contribution >= 4 is 11.9 Å². The van der Waals surface area contributed by atoms with Crippen molar-refractivity contribution in [3.63, 3.8) is 0 Å². The lowest BCUT2D eigenvalue weighted by Crippen LogP contribution is -2.36. The van der Waals surface area contributed by atoms with Gasteiger partial charge in [-0.05, 0) is 32.4 Å². The van der Waals surface area contributed by atoms with Crippen LogP contribution in [0.4, 0.5) is 0 Å². The fraction of sp³-hybridized carbons (Fsp3) is 0.909. The number of carbonyl (C=O) groups excluding carboxylic acids is 1. The lowest BCUT2D eigenvalue weighted by Gasteiger charge is -2.28. The van der Waals surface area contributed by atoms with E-state index in [0.717, 1.165) is 64.5 Å². The van der Waals surface area contributed by atoms with Crippen molar-refractivity contribution in [2.45, 2.75) is 110 Å². The molecule has 5 heteroatoms. The summed E-state index contributed by atoms with van der Waals surface area (Å²) in [5, 5.41) is 9.09. The van der Waals surface area contributed by atoms with Gasteiger partial charge in [0.25, 0.3) is 0 Å². The lowest BCUT2D eigenvalue weighted by molar-refractivity contribution is -0.144. The van der Waals surface area contributed by atoms with E-state index in [4.69, 9.17) is 9.84 Å². The number of rotatable bonds is 19. The van der Waals surface area contributed by atoms with Crippen LogP contribution in [0, 0.1) is 0 Å². The summed E-state index contributed by atoms with van der Waals surface area (Å²) in [4.78, 5) is 24.9. The number of carboxylic acid groups (broad SMARTS) is 1. The van der Waals surface area contributed by atoms with E-state index >= 15 is 0 Å². The third-order valence-electron chi connectivity index (χ3n) is 5.17. The summed E-state index contributed by atoms with van der Waals surface area (Å²) in [6.45, 7) is 8.70. The van der Waals surface area contributed by atoms with E-state index in [-0.39, 0.29) is 18.4 Å². The number of carbonyl (C=O) groups is 2. The van der Waals surface area contributed by atoms with Crippen LogP contribution < -0.4 is 0 Å². The molecule has 27 heavy (non-hydrogen) atoms. The molecule has 0 rings (SSSR count). The van der Waals surface area contributed by atoms with E-state index in [0.29, 0.717) is 13.0 Å². The maximum absolute atomic E-state index is 11.6. The van der Waals surface area contributed by atoms with Gasteiger partial charge in [0, 0.05) is 12.5 Å². The molecule has 1 N–H and O–H groups in total. The predicted octanol–water partition coefficient (Wildman–Crippen LogP) is 5.42. The average molecular weight is 386 g/mol. The quantitative estimate of drug-likeness (QED) is 0.238. The number of aliphatic carboxylic acids is 1. The molecular weight excluding hydrogens is 342 g/mol. The highest BCUT2D eigenvalue weighted by molar-refractivity contribution is 5.69. The molecule has 0 aromatic rings. The Bertz CT molecular complexity index is 369. The van der Waals surface area contributed by atoms with Gasteiger partial charge >= 0.3 is 11.9 Å². The largest absolute Gasteiger partial charge is 0.481 e. The third-order valence-corrected chi connectivity index (χ3v) is 5.17. The standard InChI is InChI=1S/C22H43NO4/c1-4-7-8-10-14-17-22(26)27-18-15-12-9-11-13-16-20(19-21(24)25)23(5-2)6-3/h20H,4-19H2,1-3H3,(H,24,25). The third kappa shape index (κ3) is 15.6. The van der Waals surface area contributed by atoms with E-state index < -0.39 is 5.97 Å². The Morgan fingerprint density at radius 2 is 1.44 bits per heavy atom. The van der Waals surface area contributed by atoms with Gasteiger partial charge in [0.1, 0.15) is 0 Å². The highest BCUT2D eigenvalue weighted by Gasteiger charge is 2.18. The van der Waals surface area contributed by atoms with Crippen LogP contribution in [0.1, 0.15) is 104 Å². The van der Waals surface area contributed by atoms with E-state index in [1.165, 1.54) is 19.3 Å². The molecule has 0 radical (unpaired) electrons. The van der Waals surface area contributed by atoms with Gasteiger partial charge in [-0.15, -0.1) is 0 Å². The lowest BCUT2D eigenvalue weighted by atomic mass is 10.0. The summed E-state index contributed by atoms with van der Waals surface area (Å²) in [6, 6.07) is 0.149. The SMILES string of the molecule is CCCCCCCC(=O)OCCCCCCCC(CC(=O)O)N(CC)CC. The molecule has 1 unspecified atom stereocenters. The Hall–Kier alpha value is -1.10. The van der Waals surface area contributed by atoms with Crippen molar-refractivity contribution in [1.29, 1.82) is 0 Å². The number of esters is 1. The van der Waals surface area contributed by atoms with Crippen molar-refractivity contribution < 1.29 is 19.4 Å². The second-order valence-corrected chi connectivity index (χ2v) is 7.41. The first-order valence-corrected chi connectivity index (χ1v) is 11.2. The zero-order valence-electron chi connectivity index (χ0n) is 18.0. The first-order valence-electron chi connectivity index (χ1n) is 11.2. The van der Waals surface area contributed by atoms with E-state index in [2.05, 4.69) is 25.7 Å². The van der Waals surface area contributed by atoms with Crippen LogP contribution in [0.3, 0.4) is 0 Å². The average Bonchev–Trinajstić information content (AvgIpc) is 2.64. The summed E-state index contributed by atoms with van der Waals surface area (Å²) in [5.74, 6) is -0.763. The maximum Gasteiger partial charge on any atom is 0.305 e. The molecule has 0 saturated heterocycles. The van der Waals surface area contributed by atoms with E-state index in [1.54, 1.807) is 0 Å². The second kappa shape index (κ2) is 18.3. The molecule has 1 atom stereocenters. The molecule has 0 aromatic carbocycles. The Balaban J connectivity index is 3.63. The van der Waals surface area contributed by atoms with Crippen molar-refractivity contribution in [3.05, 3.63) is 0 Å². The molecule has 0 aliphatic heterocycles. The normalized spacial score (nSPS) is 12.3. The van der Waals surface area contributed by atoms with Gasteiger partial charge < -0.3 is 14.7 Å². The number of ether oxygens (including phenoxy) is 1. The summed E-state index contributed by atoms with van der Waals surface area (Å²) in [5.41, 5.74) is 0. The molecule has 0 aliphatic carbocycles. The smallest absolute Gasteiger partial charge is 0.305 e. The number of unbranched alkanes of at least 4 members (excludes halogenated alkanes) is 8. The van der Waals surface area contributed by atoms with Crippen LogP contribution in [0.15, 0.2) is 0 Å². The van der Waals surface area contributed by atoms with Gasteiger partial charge in [-0.2, -0.15) is 0 Å². The predicted molar refractivity (Wildman–Crippen MR) is 111 cm³/mol. The van der Waals surface area contributed by atoms with Gasteiger partial charge in [-0.25, -0.2) is 0 Å². The maximum atomic E-state index is 11.6. The number of hydrogen-bond acceptors (Lipinski definition) is 4. The monoisotopic (exact) mass is 385 g/mol. The summed E-state index contributed by atoms with van der Waals surface area (Å²) in [6.07, 6.45) is 12.8. The van der Waals surface area contributed by atoms with Crippen LogP contribution in [-0.2, 0) is 14.3 Å². The highest BCUT2D eigenvalue weighted by Crippen LogP contribution is 2.15. The fourth-order valence-corrected chi connectivity index (χ4v) is 3.50. The Morgan fingerprint density at radius 3 is 2.07 bits per heavy atom. The molecule has 0 aromatic heterocycles. The van der Waals surface area contributed by atoms with Gasteiger partial charge in [0.05, 0.1) is 13.0 Å². The van der Waals surface area contributed by atoms with Gasteiger partial charge in [0.15, 0.2) is 0 Å². The van der Waals surface area contributed by atoms with Gasteiger partial charge in [0.2, 0.25) is 0 Å². The molecule has 0 spiro atoms. The first kappa shape index (κ1) is 25.9. The number of nitrogens with zero attached hydrogens (tertiary/aromatic N) is 1.